The molecule has 1 unspecified atom stereocenters. The van der Waals surface area contributed by atoms with Crippen LogP contribution < -0.4 is 15.5 Å². The van der Waals surface area contributed by atoms with E-state index in [0.29, 0.717) is 5.92 Å². The monoisotopic (exact) mass is 317 g/mol. The molecular weight excluding hydrogens is 294 g/mol. The average Bonchev–Trinajstić information content (AvgIpc) is 2.82. The van der Waals surface area contributed by atoms with E-state index in [9.17, 15) is 9.59 Å². The van der Waals surface area contributed by atoms with Crippen LogP contribution in [0.25, 0.3) is 0 Å². The number of hydrogen-bond donors (Lipinski definition) is 2. The van der Waals surface area contributed by atoms with Gasteiger partial charge in [0, 0.05) is 12.6 Å². The van der Waals surface area contributed by atoms with Gasteiger partial charge in [-0.2, -0.15) is 0 Å². The summed E-state index contributed by atoms with van der Waals surface area (Å²) in [7, 11) is 0. The number of piperidine rings is 1. The Kier molecular flexibility index (Phi) is 4.52. The maximum Gasteiger partial charge on any atom is 0.416 e. The number of carbonyl (C=O) groups excluding carboxylic acids is 2. The van der Waals surface area contributed by atoms with Crippen molar-refractivity contribution < 1.29 is 14.3 Å². The first-order valence-corrected chi connectivity index (χ1v) is 8.14. The van der Waals surface area contributed by atoms with Crippen LogP contribution in [0, 0.1) is 0 Å². The molecule has 124 valence electrons. The van der Waals surface area contributed by atoms with Crippen LogP contribution in [0.2, 0.25) is 0 Å². The summed E-state index contributed by atoms with van der Waals surface area (Å²) in [5.74, 6) is 0.373. The zero-order chi connectivity index (χ0) is 16.4. The van der Waals surface area contributed by atoms with Gasteiger partial charge in [0.25, 0.3) is 0 Å². The Morgan fingerprint density at radius 2 is 1.91 bits per heavy atom. The number of nitrogens with zero attached hydrogens (tertiary/aromatic N) is 1. The Hall–Kier alpha value is -2.08. The van der Waals surface area contributed by atoms with Crippen LogP contribution >= 0.6 is 0 Å². The second kappa shape index (κ2) is 6.58. The molecule has 2 heterocycles. The number of cyclic esters (lactones) is 1. The summed E-state index contributed by atoms with van der Waals surface area (Å²) < 4.78 is 5.24. The maximum atomic E-state index is 12.1. The molecule has 0 saturated carbocycles. The molecule has 6 heteroatoms. The summed E-state index contributed by atoms with van der Waals surface area (Å²) in [6.45, 7) is 5.39. The maximum absolute atomic E-state index is 12.1. The summed E-state index contributed by atoms with van der Waals surface area (Å²) in [4.78, 5) is 24.9. The van der Waals surface area contributed by atoms with Crippen LogP contribution in [0.1, 0.15) is 38.2 Å². The van der Waals surface area contributed by atoms with Crippen molar-refractivity contribution in [2.45, 2.75) is 44.9 Å². The summed E-state index contributed by atoms with van der Waals surface area (Å²) in [6.07, 6.45) is 1.26. The topological polar surface area (TPSA) is 70.7 Å². The number of rotatable bonds is 3. The van der Waals surface area contributed by atoms with E-state index in [1.54, 1.807) is 4.90 Å². The van der Waals surface area contributed by atoms with Crippen LogP contribution in [-0.4, -0.2) is 37.4 Å². The molecule has 2 atom stereocenters. The lowest BCUT2D eigenvalue weighted by Gasteiger charge is -2.24. The van der Waals surface area contributed by atoms with E-state index in [0.717, 1.165) is 31.6 Å². The SMILES string of the molecule is CC(=O)NC1OC(=O)N(c2ccc(C3CCNCC3)cc2)[C@H]1C. The van der Waals surface area contributed by atoms with E-state index in [-0.39, 0.29) is 11.9 Å². The first kappa shape index (κ1) is 15.8. The lowest BCUT2D eigenvalue weighted by molar-refractivity contribution is -0.121. The standard InChI is InChI=1S/C17H23N3O3/c1-11-16(19-12(2)21)23-17(22)20(11)15-5-3-13(4-6-15)14-7-9-18-10-8-14/h3-6,11,14,16,18H,7-10H2,1-2H3,(H,19,21)/t11-,16?/m0/s1. The number of benzene rings is 1. The Bertz CT molecular complexity index is 581. The molecule has 6 nitrogen and oxygen atoms in total. The first-order valence-electron chi connectivity index (χ1n) is 8.14. The van der Waals surface area contributed by atoms with Crippen LogP contribution in [0.15, 0.2) is 24.3 Å². The van der Waals surface area contributed by atoms with Crippen molar-refractivity contribution in [1.82, 2.24) is 10.6 Å². The predicted molar refractivity (Wildman–Crippen MR) is 87.3 cm³/mol. The number of amides is 2. The molecule has 2 aliphatic heterocycles. The smallest absolute Gasteiger partial charge is 0.416 e. The van der Waals surface area contributed by atoms with Crippen molar-refractivity contribution in [1.29, 1.82) is 0 Å². The summed E-state index contributed by atoms with van der Waals surface area (Å²) in [5.41, 5.74) is 2.11. The minimum atomic E-state index is -0.607. The summed E-state index contributed by atoms with van der Waals surface area (Å²) in [5, 5.41) is 6.02. The molecule has 2 fully saturated rings. The molecular formula is C17H23N3O3. The number of hydrogen-bond acceptors (Lipinski definition) is 4. The molecule has 23 heavy (non-hydrogen) atoms. The highest BCUT2D eigenvalue weighted by Gasteiger charge is 2.40. The highest BCUT2D eigenvalue weighted by molar-refractivity contribution is 5.91. The van der Waals surface area contributed by atoms with Gasteiger partial charge in [0.2, 0.25) is 5.91 Å². The van der Waals surface area contributed by atoms with Gasteiger partial charge in [-0.05, 0) is 56.5 Å². The fraction of sp³-hybridized carbons (Fsp3) is 0.529. The number of ether oxygens (including phenoxy) is 1. The molecule has 0 radical (unpaired) electrons. The van der Waals surface area contributed by atoms with Crippen molar-refractivity contribution in [2.24, 2.45) is 0 Å². The molecule has 0 bridgehead atoms. The molecule has 2 amide bonds. The predicted octanol–water partition coefficient (Wildman–Crippen LogP) is 1.96. The van der Waals surface area contributed by atoms with E-state index in [1.807, 2.05) is 19.1 Å². The zero-order valence-corrected chi connectivity index (χ0v) is 13.5. The first-order chi connectivity index (χ1) is 11.1. The molecule has 1 aromatic rings. The molecule has 2 aliphatic rings. The molecule has 2 saturated heterocycles. The van der Waals surface area contributed by atoms with E-state index in [2.05, 4.69) is 22.8 Å². The third-order valence-corrected chi connectivity index (χ3v) is 4.60. The van der Waals surface area contributed by atoms with Crippen LogP contribution in [0.4, 0.5) is 10.5 Å². The lowest BCUT2D eigenvalue weighted by Crippen LogP contribution is -2.43. The number of nitrogens with one attached hydrogen (secondary N) is 2. The van der Waals surface area contributed by atoms with Gasteiger partial charge in [0.15, 0.2) is 6.23 Å². The largest absolute Gasteiger partial charge is 0.423 e. The Balaban J connectivity index is 1.73. The quantitative estimate of drug-likeness (QED) is 0.894. The van der Waals surface area contributed by atoms with Crippen LogP contribution in [0.5, 0.6) is 0 Å². The minimum absolute atomic E-state index is 0.210. The van der Waals surface area contributed by atoms with Gasteiger partial charge in [-0.3, -0.25) is 9.69 Å². The number of carbonyl (C=O) groups is 2. The summed E-state index contributed by atoms with van der Waals surface area (Å²) in [6, 6.07) is 7.88. The zero-order valence-electron chi connectivity index (χ0n) is 13.5. The van der Waals surface area contributed by atoms with Crippen molar-refractivity contribution >= 4 is 17.7 Å². The third kappa shape index (κ3) is 3.32. The van der Waals surface area contributed by atoms with Gasteiger partial charge < -0.3 is 15.4 Å². The Labute approximate surface area is 136 Å². The molecule has 0 aromatic heterocycles. The number of anilines is 1. The van der Waals surface area contributed by atoms with Gasteiger partial charge in [-0.15, -0.1) is 0 Å². The van der Waals surface area contributed by atoms with Crippen molar-refractivity contribution in [2.75, 3.05) is 18.0 Å². The van der Waals surface area contributed by atoms with Crippen LogP contribution in [-0.2, 0) is 9.53 Å². The van der Waals surface area contributed by atoms with Gasteiger partial charge >= 0.3 is 6.09 Å². The second-order valence-electron chi connectivity index (χ2n) is 6.23. The molecule has 2 N–H and O–H groups in total. The van der Waals surface area contributed by atoms with Crippen molar-refractivity contribution in [3.05, 3.63) is 29.8 Å². The molecule has 0 spiro atoms. The molecule has 0 aliphatic carbocycles. The second-order valence-corrected chi connectivity index (χ2v) is 6.23. The van der Waals surface area contributed by atoms with Crippen LogP contribution in [0.3, 0.4) is 0 Å². The van der Waals surface area contributed by atoms with Gasteiger partial charge in [-0.25, -0.2) is 4.79 Å². The highest BCUT2D eigenvalue weighted by atomic mass is 16.6. The fourth-order valence-corrected chi connectivity index (χ4v) is 3.32. The highest BCUT2D eigenvalue weighted by Crippen LogP contribution is 2.30. The van der Waals surface area contributed by atoms with Gasteiger partial charge in [-0.1, -0.05) is 12.1 Å². The Morgan fingerprint density at radius 3 is 2.52 bits per heavy atom. The summed E-state index contributed by atoms with van der Waals surface area (Å²) >= 11 is 0. The van der Waals surface area contributed by atoms with Gasteiger partial charge in [0.1, 0.15) is 0 Å². The molecule has 3 rings (SSSR count). The minimum Gasteiger partial charge on any atom is -0.423 e. The fourth-order valence-electron chi connectivity index (χ4n) is 3.32. The Morgan fingerprint density at radius 1 is 1.26 bits per heavy atom. The average molecular weight is 317 g/mol. The van der Waals surface area contributed by atoms with Gasteiger partial charge in [0.05, 0.1) is 6.04 Å². The van der Waals surface area contributed by atoms with Crippen molar-refractivity contribution in [3.8, 4) is 0 Å². The van der Waals surface area contributed by atoms with E-state index < -0.39 is 12.3 Å². The lowest BCUT2D eigenvalue weighted by atomic mass is 9.90. The van der Waals surface area contributed by atoms with E-state index in [4.69, 9.17) is 4.74 Å². The molecule has 1 aromatic carbocycles. The third-order valence-electron chi connectivity index (χ3n) is 4.60. The van der Waals surface area contributed by atoms with Crippen molar-refractivity contribution in [3.63, 3.8) is 0 Å². The van der Waals surface area contributed by atoms with E-state index >= 15 is 0 Å². The normalized spacial score (nSPS) is 25.3. The van der Waals surface area contributed by atoms with E-state index in [1.165, 1.54) is 12.5 Å².